The summed E-state index contributed by atoms with van der Waals surface area (Å²) in [6.07, 6.45) is 1.62. The van der Waals surface area contributed by atoms with E-state index in [9.17, 15) is 0 Å². The monoisotopic (exact) mass is 272 g/mol. The Morgan fingerprint density at radius 3 is 2.75 bits per heavy atom. The van der Waals surface area contributed by atoms with Crippen LogP contribution < -0.4 is 9.47 Å². The number of aromatic nitrogens is 4. The zero-order valence-corrected chi connectivity index (χ0v) is 11.0. The quantitative estimate of drug-likeness (QED) is 0.783. The minimum Gasteiger partial charge on any atom is -0.497 e. The second-order valence-electron chi connectivity index (χ2n) is 3.96. The molecule has 0 aliphatic rings. The van der Waals surface area contributed by atoms with Crippen molar-refractivity contribution in [2.24, 2.45) is 0 Å². The number of ether oxygens (including phenoxy) is 2. The molecule has 1 aromatic carbocycles. The van der Waals surface area contributed by atoms with Crippen molar-refractivity contribution in [3.8, 4) is 34.5 Å². The van der Waals surface area contributed by atoms with Crippen molar-refractivity contribution < 1.29 is 14.0 Å². The van der Waals surface area contributed by atoms with Gasteiger partial charge in [0.2, 0.25) is 5.82 Å². The Balaban J connectivity index is 2.04. The van der Waals surface area contributed by atoms with Gasteiger partial charge in [-0.3, -0.25) is 5.10 Å². The van der Waals surface area contributed by atoms with E-state index in [-0.39, 0.29) is 0 Å². The normalized spacial score (nSPS) is 10.5. The van der Waals surface area contributed by atoms with Gasteiger partial charge in [0.05, 0.1) is 19.8 Å². The lowest BCUT2D eigenvalue weighted by Gasteiger charge is -2.06. The molecule has 0 radical (unpaired) electrons. The lowest BCUT2D eigenvalue weighted by molar-refractivity contribution is 0.403. The first-order chi connectivity index (χ1) is 9.81. The predicted octanol–water partition coefficient (Wildman–Crippen LogP) is 2.14. The van der Waals surface area contributed by atoms with E-state index < -0.39 is 0 Å². The summed E-state index contributed by atoms with van der Waals surface area (Å²) in [6.45, 7) is 0. The van der Waals surface area contributed by atoms with Gasteiger partial charge in [-0.2, -0.15) is 10.1 Å². The molecule has 0 spiro atoms. The van der Waals surface area contributed by atoms with E-state index in [1.165, 1.54) is 0 Å². The summed E-state index contributed by atoms with van der Waals surface area (Å²) < 4.78 is 15.7. The Hall–Kier alpha value is -2.83. The van der Waals surface area contributed by atoms with Crippen LogP contribution in [0.1, 0.15) is 0 Å². The average Bonchev–Trinajstić information content (AvgIpc) is 3.17. The molecule has 20 heavy (non-hydrogen) atoms. The van der Waals surface area contributed by atoms with E-state index in [0.29, 0.717) is 34.5 Å². The van der Waals surface area contributed by atoms with Crippen LogP contribution in [0.4, 0.5) is 0 Å². The molecule has 1 N–H and O–H groups in total. The van der Waals surface area contributed by atoms with Gasteiger partial charge >= 0.3 is 0 Å². The predicted molar refractivity (Wildman–Crippen MR) is 70.4 cm³/mol. The highest BCUT2D eigenvalue weighted by atomic mass is 16.5. The van der Waals surface area contributed by atoms with Gasteiger partial charge < -0.3 is 14.0 Å². The fourth-order valence-corrected chi connectivity index (χ4v) is 1.81. The smallest absolute Gasteiger partial charge is 0.276 e. The Kier molecular flexibility index (Phi) is 3.08. The van der Waals surface area contributed by atoms with Crippen molar-refractivity contribution in [3.63, 3.8) is 0 Å². The van der Waals surface area contributed by atoms with Crippen molar-refractivity contribution in [1.82, 2.24) is 20.3 Å². The number of nitrogens with one attached hydrogen (secondary N) is 1. The van der Waals surface area contributed by atoms with Crippen molar-refractivity contribution in [2.45, 2.75) is 0 Å². The number of rotatable bonds is 4. The number of methoxy groups -OCH3 is 2. The van der Waals surface area contributed by atoms with Crippen LogP contribution in [0.3, 0.4) is 0 Å². The number of H-pyrrole nitrogens is 1. The molecule has 7 heteroatoms. The summed E-state index contributed by atoms with van der Waals surface area (Å²) in [5.41, 5.74) is 1.35. The summed E-state index contributed by atoms with van der Waals surface area (Å²) in [5, 5.41) is 10.6. The highest BCUT2D eigenvalue weighted by molar-refractivity contribution is 5.67. The van der Waals surface area contributed by atoms with Gasteiger partial charge in [-0.1, -0.05) is 5.16 Å². The molecule has 102 valence electrons. The summed E-state index contributed by atoms with van der Waals surface area (Å²) >= 11 is 0. The van der Waals surface area contributed by atoms with Crippen LogP contribution in [0.5, 0.6) is 11.5 Å². The summed E-state index contributed by atoms with van der Waals surface area (Å²) in [7, 11) is 3.18. The Morgan fingerprint density at radius 1 is 1.15 bits per heavy atom. The second-order valence-corrected chi connectivity index (χ2v) is 3.96. The van der Waals surface area contributed by atoms with Gasteiger partial charge in [0, 0.05) is 6.20 Å². The molecule has 0 fully saturated rings. The van der Waals surface area contributed by atoms with Gasteiger partial charge in [0.15, 0.2) is 0 Å². The molecule has 0 atom stereocenters. The number of hydrogen-bond donors (Lipinski definition) is 1. The molecule has 3 aromatic rings. The van der Waals surface area contributed by atoms with E-state index in [1.807, 2.05) is 0 Å². The van der Waals surface area contributed by atoms with E-state index in [2.05, 4.69) is 20.3 Å². The lowest BCUT2D eigenvalue weighted by atomic mass is 10.2. The number of hydrogen-bond acceptors (Lipinski definition) is 6. The summed E-state index contributed by atoms with van der Waals surface area (Å²) in [4.78, 5) is 4.32. The fourth-order valence-electron chi connectivity index (χ4n) is 1.81. The van der Waals surface area contributed by atoms with Gasteiger partial charge in [0.1, 0.15) is 17.2 Å². The molecular formula is C13H12N4O3. The first kappa shape index (κ1) is 12.2. The van der Waals surface area contributed by atoms with Crippen LogP contribution in [-0.4, -0.2) is 34.6 Å². The molecule has 0 saturated carbocycles. The maximum atomic E-state index is 5.30. The van der Waals surface area contributed by atoms with E-state index in [4.69, 9.17) is 14.0 Å². The largest absolute Gasteiger partial charge is 0.497 e. The maximum absolute atomic E-state index is 5.30. The van der Waals surface area contributed by atoms with Crippen LogP contribution in [0.15, 0.2) is 35.0 Å². The standard InChI is InChI=1S/C13H12N4O3/c1-18-8-3-4-11(19-2)9(7-8)12-15-13(20-17-12)10-5-6-14-16-10/h3-7H,1-2H3,(H,14,16). The molecular weight excluding hydrogens is 260 g/mol. The van der Waals surface area contributed by atoms with Crippen LogP contribution in [0, 0.1) is 0 Å². The van der Waals surface area contributed by atoms with Crippen LogP contribution in [0.2, 0.25) is 0 Å². The Bertz CT molecular complexity index is 706. The van der Waals surface area contributed by atoms with Crippen molar-refractivity contribution in [1.29, 1.82) is 0 Å². The number of benzene rings is 1. The zero-order chi connectivity index (χ0) is 13.9. The Morgan fingerprint density at radius 2 is 2.05 bits per heavy atom. The van der Waals surface area contributed by atoms with Gasteiger partial charge in [-0.05, 0) is 24.3 Å². The SMILES string of the molecule is COc1ccc(OC)c(-c2noc(-c3ccn[nH]3)n2)c1. The third-order valence-corrected chi connectivity index (χ3v) is 2.80. The van der Waals surface area contributed by atoms with Crippen LogP contribution >= 0.6 is 0 Å². The lowest BCUT2D eigenvalue weighted by Crippen LogP contribution is -1.91. The highest BCUT2D eigenvalue weighted by Crippen LogP contribution is 2.32. The molecule has 0 aliphatic carbocycles. The van der Waals surface area contributed by atoms with E-state index in [1.54, 1.807) is 44.7 Å². The molecule has 0 amide bonds. The van der Waals surface area contributed by atoms with Crippen LogP contribution in [-0.2, 0) is 0 Å². The van der Waals surface area contributed by atoms with Crippen molar-refractivity contribution in [2.75, 3.05) is 14.2 Å². The molecule has 0 saturated heterocycles. The van der Waals surface area contributed by atoms with E-state index >= 15 is 0 Å². The second kappa shape index (κ2) is 5.04. The summed E-state index contributed by atoms with van der Waals surface area (Å²) in [6, 6.07) is 7.14. The molecule has 0 unspecified atom stereocenters. The fraction of sp³-hybridized carbons (Fsp3) is 0.154. The molecule has 2 heterocycles. The maximum Gasteiger partial charge on any atom is 0.276 e. The number of nitrogens with zero attached hydrogens (tertiary/aromatic N) is 3. The van der Waals surface area contributed by atoms with Crippen LogP contribution in [0.25, 0.3) is 23.0 Å². The first-order valence-electron chi connectivity index (χ1n) is 5.87. The zero-order valence-electron chi connectivity index (χ0n) is 11.0. The van der Waals surface area contributed by atoms with E-state index in [0.717, 1.165) is 0 Å². The highest BCUT2D eigenvalue weighted by Gasteiger charge is 2.16. The molecule has 0 aliphatic heterocycles. The molecule has 2 aromatic heterocycles. The minimum atomic E-state index is 0.363. The first-order valence-corrected chi connectivity index (χ1v) is 5.87. The van der Waals surface area contributed by atoms with Crippen molar-refractivity contribution in [3.05, 3.63) is 30.5 Å². The van der Waals surface area contributed by atoms with Gasteiger partial charge in [0.25, 0.3) is 5.89 Å². The third-order valence-electron chi connectivity index (χ3n) is 2.80. The third kappa shape index (κ3) is 2.09. The summed E-state index contributed by atoms with van der Waals surface area (Å²) in [5.74, 6) is 2.11. The Labute approximate surface area is 114 Å². The number of aromatic amines is 1. The average molecular weight is 272 g/mol. The van der Waals surface area contributed by atoms with Crippen molar-refractivity contribution >= 4 is 0 Å². The van der Waals surface area contributed by atoms with Gasteiger partial charge in [-0.15, -0.1) is 0 Å². The molecule has 7 nitrogen and oxygen atoms in total. The minimum absolute atomic E-state index is 0.363. The molecule has 3 rings (SSSR count). The van der Waals surface area contributed by atoms with Gasteiger partial charge in [-0.25, -0.2) is 0 Å². The molecule has 0 bridgehead atoms. The topological polar surface area (TPSA) is 86.1 Å².